The smallest absolute Gasteiger partial charge is 0.328 e. The van der Waals surface area contributed by atoms with Gasteiger partial charge < -0.3 is 59.1 Å². The van der Waals surface area contributed by atoms with Crippen molar-refractivity contribution < 1.29 is 53.7 Å². The Balaban J connectivity index is 3.21. The highest BCUT2D eigenvalue weighted by Crippen LogP contribution is 2.14. The summed E-state index contributed by atoms with van der Waals surface area (Å²) >= 11 is 0. The van der Waals surface area contributed by atoms with Crippen LogP contribution < -0.4 is 43.8 Å². The SMILES string of the molecule is CC[C@H](C)[C@H](N)C(=O)NC(CCC(N)=O)C(=O)N[C@@H](CC(C)C)[C@@H](O)CC(=O)N[C@@H](CC(N)=O)C(=O)NC(Cc1ccccc1)C(=O)N[C@@H](CO)C(=O)O. The summed E-state index contributed by atoms with van der Waals surface area (Å²) in [4.78, 5) is 101. The Hall–Kier alpha value is -5.14. The number of nitrogens with one attached hydrogen (secondary N) is 5. The topological polar surface area (TPSA) is 335 Å². The first kappa shape index (κ1) is 46.9. The van der Waals surface area contributed by atoms with E-state index in [1.54, 1.807) is 51.1 Å². The third-order valence-corrected chi connectivity index (χ3v) is 8.55. The molecule has 0 spiro atoms. The Morgan fingerprint density at radius 2 is 1.28 bits per heavy atom. The zero-order chi connectivity index (χ0) is 41.1. The molecule has 0 bridgehead atoms. The average Bonchev–Trinajstić information content (AvgIpc) is 3.10. The number of carboxylic acid groups (broad SMARTS) is 1. The maximum atomic E-state index is 13.4. The lowest BCUT2D eigenvalue weighted by molar-refractivity contribution is -0.143. The van der Waals surface area contributed by atoms with Crippen molar-refractivity contribution >= 4 is 47.3 Å². The lowest BCUT2D eigenvalue weighted by atomic mass is 9.95. The molecule has 0 aromatic heterocycles. The number of hydrogen-bond donors (Lipinski definition) is 11. The van der Waals surface area contributed by atoms with Gasteiger partial charge in [-0.2, -0.15) is 0 Å². The van der Waals surface area contributed by atoms with E-state index in [1.165, 1.54) is 0 Å². The van der Waals surface area contributed by atoms with E-state index in [0.29, 0.717) is 12.0 Å². The summed E-state index contributed by atoms with van der Waals surface area (Å²) in [5.41, 5.74) is 17.2. The van der Waals surface area contributed by atoms with Gasteiger partial charge in [0.15, 0.2) is 0 Å². The number of carbonyl (C=O) groups excluding carboxylic acids is 7. The van der Waals surface area contributed by atoms with Crippen LogP contribution in [0.15, 0.2) is 30.3 Å². The molecule has 1 aromatic carbocycles. The molecule has 2 unspecified atom stereocenters. The number of rotatable bonds is 25. The highest BCUT2D eigenvalue weighted by atomic mass is 16.4. The van der Waals surface area contributed by atoms with Gasteiger partial charge in [-0.05, 0) is 30.2 Å². The van der Waals surface area contributed by atoms with E-state index in [-0.39, 0.29) is 37.5 Å². The van der Waals surface area contributed by atoms with Crippen molar-refractivity contribution in [1.29, 1.82) is 0 Å². The van der Waals surface area contributed by atoms with Gasteiger partial charge in [-0.3, -0.25) is 33.6 Å². The molecule has 0 aliphatic carbocycles. The zero-order valence-corrected chi connectivity index (χ0v) is 31.1. The van der Waals surface area contributed by atoms with E-state index < -0.39 is 109 Å². The number of amides is 7. The van der Waals surface area contributed by atoms with Crippen LogP contribution >= 0.6 is 0 Å². The average molecular weight is 765 g/mol. The van der Waals surface area contributed by atoms with Crippen molar-refractivity contribution in [1.82, 2.24) is 26.6 Å². The molecule has 54 heavy (non-hydrogen) atoms. The van der Waals surface area contributed by atoms with Gasteiger partial charge in [-0.1, -0.05) is 64.4 Å². The predicted molar refractivity (Wildman–Crippen MR) is 194 cm³/mol. The number of aliphatic carboxylic acids is 1. The minimum Gasteiger partial charge on any atom is -0.480 e. The quantitative estimate of drug-likeness (QED) is 0.0476. The fourth-order valence-corrected chi connectivity index (χ4v) is 5.22. The number of nitrogens with two attached hydrogens (primary N) is 3. The van der Waals surface area contributed by atoms with Crippen LogP contribution in [0, 0.1) is 11.8 Å². The summed E-state index contributed by atoms with van der Waals surface area (Å²) < 4.78 is 0. The van der Waals surface area contributed by atoms with Gasteiger partial charge in [0.05, 0.1) is 37.6 Å². The van der Waals surface area contributed by atoms with Crippen molar-refractivity contribution in [3.05, 3.63) is 35.9 Å². The molecule has 7 amide bonds. The summed E-state index contributed by atoms with van der Waals surface area (Å²) in [5, 5.41) is 41.8. The van der Waals surface area contributed by atoms with Crippen LogP contribution in [0.2, 0.25) is 0 Å². The molecule has 0 aliphatic heterocycles. The molecule has 302 valence electrons. The lowest BCUT2D eigenvalue weighted by Crippen LogP contribution is -2.58. The van der Waals surface area contributed by atoms with Gasteiger partial charge in [0.1, 0.15) is 24.2 Å². The van der Waals surface area contributed by atoms with E-state index in [4.69, 9.17) is 17.2 Å². The standard InChI is InChI=1S/C35H56N8O11/c1-5-19(4)30(38)34(52)40-21(11-12-27(36)46)31(49)41-22(13-18(2)3)26(45)16-29(48)39-24(15-28(37)47)33(51)42-23(14-20-9-7-6-8-10-20)32(50)43-25(17-44)35(53)54/h6-10,18-19,21-26,30,44-45H,5,11-17,38H2,1-4H3,(H2,36,46)(H2,37,47)(H,39,48)(H,40,52)(H,41,49)(H,42,51)(H,43,50)(H,53,54)/t19-,21?,22-,23?,24-,25-,26-,30-/m0/s1. The highest BCUT2D eigenvalue weighted by Gasteiger charge is 2.33. The van der Waals surface area contributed by atoms with Crippen molar-refractivity contribution in [2.75, 3.05) is 6.61 Å². The zero-order valence-electron chi connectivity index (χ0n) is 31.1. The second-order valence-corrected chi connectivity index (χ2v) is 13.6. The molecule has 1 aromatic rings. The van der Waals surface area contributed by atoms with E-state index in [2.05, 4.69) is 26.6 Å². The van der Waals surface area contributed by atoms with Gasteiger partial charge in [0, 0.05) is 12.8 Å². The van der Waals surface area contributed by atoms with Gasteiger partial charge in [0.2, 0.25) is 41.4 Å². The molecule has 0 fully saturated rings. The van der Waals surface area contributed by atoms with E-state index in [0.717, 1.165) is 0 Å². The number of benzene rings is 1. The Bertz CT molecular complexity index is 1450. The Morgan fingerprint density at radius 3 is 1.80 bits per heavy atom. The Kier molecular flexibility index (Phi) is 20.4. The van der Waals surface area contributed by atoms with Crippen LogP contribution in [-0.2, 0) is 44.8 Å². The highest BCUT2D eigenvalue weighted by molar-refractivity contribution is 5.96. The number of primary amides is 2. The number of hydrogen-bond acceptors (Lipinski definition) is 11. The maximum Gasteiger partial charge on any atom is 0.328 e. The summed E-state index contributed by atoms with van der Waals surface area (Å²) in [6.07, 6.45) is -2.82. The first-order chi connectivity index (χ1) is 25.3. The molecule has 0 saturated heterocycles. The first-order valence-electron chi connectivity index (χ1n) is 17.7. The second kappa shape index (κ2) is 23.5. The molecule has 8 atom stereocenters. The summed E-state index contributed by atoms with van der Waals surface area (Å²) in [6, 6.07) is 0.258. The third-order valence-electron chi connectivity index (χ3n) is 8.55. The third kappa shape index (κ3) is 17.1. The Morgan fingerprint density at radius 1 is 0.722 bits per heavy atom. The maximum absolute atomic E-state index is 13.4. The van der Waals surface area contributed by atoms with Crippen molar-refractivity contribution in [2.24, 2.45) is 29.0 Å². The van der Waals surface area contributed by atoms with Crippen LogP contribution in [0.25, 0.3) is 0 Å². The number of carbonyl (C=O) groups is 8. The molecular formula is C35H56N8O11. The molecule has 1 rings (SSSR count). The monoisotopic (exact) mass is 764 g/mol. The summed E-state index contributed by atoms with van der Waals surface area (Å²) in [7, 11) is 0. The van der Waals surface area contributed by atoms with E-state index in [9.17, 15) is 53.7 Å². The van der Waals surface area contributed by atoms with E-state index in [1.807, 2.05) is 6.92 Å². The molecule has 0 heterocycles. The van der Waals surface area contributed by atoms with Gasteiger partial charge in [0.25, 0.3) is 0 Å². The van der Waals surface area contributed by atoms with Crippen LogP contribution in [0.1, 0.15) is 71.8 Å². The molecule has 0 radical (unpaired) electrons. The van der Waals surface area contributed by atoms with Crippen LogP contribution in [-0.4, -0.2) is 112 Å². The Labute approximate surface area is 313 Å². The largest absolute Gasteiger partial charge is 0.480 e. The van der Waals surface area contributed by atoms with Crippen molar-refractivity contribution in [3.63, 3.8) is 0 Å². The molecule has 0 saturated carbocycles. The van der Waals surface area contributed by atoms with Crippen LogP contribution in [0.5, 0.6) is 0 Å². The fraction of sp³-hybridized carbons (Fsp3) is 0.600. The molecule has 19 heteroatoms. The van der Waals surface area contributed by atoms with Crippen LogP contribution in [0.4, 0.5) is 0 Å². The predicted octanol–water partition coefficient (Wildman–Crippen LogP) is -2.96. The van der Waals surface area contributed by atoms with Gasteiger partial charge in [-0.15, -0.1) is 0 Å². The number of carboxylic acids is 1. The molecular weight excluding hydrogens is 708 g/mol. The minimum absolute atomic E-state index is 0.127. The summed E-state index contributed by atoms with van der Waals surface area (Å²) in [6.45, 7) is 6.24. The fourth-order valence-electron chi connectivity index (χ4n) is 5.22. The first-order valence-corrected chi connectivity index (χ1v) is 17.7. The van der Waals surface area contributed by atoms with Crippen molar-refractivity contribution in [2.45, 2.75) is 115 Å². The van der Waals surface area contributed by atoms with Crippen LogP contribution in [0.3, 0.4) is 0 Å². The van der Waals surface area contributed by atoms with Crippen molar-refractivity contribution in [3.8, 4) is 0 Å². The molecule has 0 aliphatic rings. The lowest BCUT2D eigenvalue weighted by Gasteiger charge is -2.29. The second-order valence-electron chi connectivity index (χ2n) is 13.6. The molecule has 19 nitrogen and oxygen atoms in total. The van der Waals surface area contributed by atoms with Gasteiger partial charge >= 0.3 is 5.97 Å². The summed E-state index contributed by atoms with van der Waals surface area (Å²) in [5.74, 6) is -7.98. The van der Waals surface area contributed by atoms with Gasteiger partial charge in [-0.25, -0.2) is 4.79 Å². The number of aliphatic hydroxyl groups is 2. The number of aliphatic hydroxyl groups excluding tert-OH is 2. The molecule has 14 N–H and O–H groups in total. The normalized spacial score (nSPS) is 15.6. The minimum atomic E-state index is -1.69. The van der Waals surface area contributed by atoms with E-state index >= 15 is 0 Å².